The number of pyridine rings is 1. The minimum atomic E-state index is -0.0705. The predicted octanol–water partition coefficient (Wildman–Crippen LogP) is 3.73. The van der Waals surface area contributed by atoms with Crippen LogP contribution in [0.5, 0.6) is 0 Å². The molecule has 3 rings (SSSR count). The third-order valence-electron chi connectivity index (χ3n) is 4.27. The van der Waals surface area contributed by atoms with Crippen molar-refractivity contribution in [3.05, 3.63) is 65.5 Å². The third-order valence-corrected chi connectivity index (χ3v) is 4.27. The summed E-state index contributed by atoms with van der Waals surface area (Å²) in [4.78, 5) is 27.5. The number of benzene rings is 1. The highest BCUT2D eigenvalue weighted by molar-refractivity contribution is 5.95. The molecule has 0 fully saturated rings. The van der Waals surface area contributed by atoms with Crippen LogP contribution in [0.1, 0.15) is 47.2 Å². The first-order valence-electron chi connectivity index (χ1n) is 8.38. The second kappa shape index (κ2) is 6.97. The fraction of sp³-hybridized carbons (Fsp3) is 0.300. The van der Waals surface area contributed by atoms with Crippen molar-refractivity contribution in [3.63, 3.8) is 0 Å². The van der Waals surface area contributed by atoms with Gasteiger partial charge in [-0.2, -0.15) is 0 Å². The normalized spacial score (nSPS) is 11.1. The van der Waals surface area contributed by atoms with Gasteiger partial charge in [0.1, 0.15) is 5.82 Å². The average molecular weight is 334 g/mol. The Morgan fingerprint density at radius 1 is 1.20 bits per heavy atom. The van der Waals surface area contributed by atoms with E-state index in [1.165, 1.54) is 0 Å². The molecule has 128 valence electrons. The number of amides is 1. The minimum Gasteiger partial charge on any atom is -0.337 e. The van der Waals surface area contributed by atoms with Crippen molar-refractivity contribution >= 4 is 16.7 Å². The maximum atomic E-state index is 12.8. The Morgan fingerprint density at radius 2 is 2.00 bits per heavy atom. The molecule has 0 N–H and O–H groups in total. The van der Waals surface area contributed by atoms with E-state index >= 15 is 0 Å². The molecule has 5 heteroatoms. The molecule has 0 saturated heterocycles. The predicted molar refractivity (Wildman–Crippen MR) is 98.4 cm³/mol. The highest BCUT2D eigenvalue weighted by atomic mass is 16.2. The van der Waals surface area contributed by atoms with Crippen LogP contribution in [0.3, 0.4) is 0 Å². The van der Waals surface area contributed by atoms with Gasteiger partial charge in [-0.15, -0.1) is 0 Å². The van der Waals surface area contributed by atoms with Crippen molar-refractivity contribution in [2.24, 2.45) is 0 Å². The zero-order valence-corrected chi connectivity index (χ0v) is 15.0. The third kappa shape index (κ3) is 3.50. The molecule has 0 aliphatic rings. The molecule has 0 aliphatic heterocycles. The van der Waals surface area contributed by atoms with Crippen LogP contribution in [0.2, 0.25) is 0 Å². The summed E-state index contributed by atoms with van der Waals surface area (Å²) in [5, 5.41) is 2.18. The smallest absolute Gasteiger partial charge is 0.257 e. The zero-order chi connectivity index (χ0) is 18.0. The molecule has 1 aromatic carbocycles. The summed E-state index contributed by atoms with van der Waals surface area (Å²) in [6.07, 6.45) is 5.25. The van der Waals surface area contributed by atoms with Gasteiger partial charge in [0.15, 0.2) is 0 Å². The lowest BCUT2D eigenvalue weighted by atomic mass is 10.1. The summed E-state index contributed by atoms with van der Waals surface area (Å²) >= 11 is 0. The maximum Gasteiger partial charge on any atom is 0.257 e. The second-order valence-corrected chi connectivity index (χ2v) is 6.56. The molecule has 2 heterocycles. The van der Waals surface area contributed by atoms with Crippen LogP contribution < -0.4 is 0 Å². The SMILES string of the molecule is Cc1nc(C(C)C)ncc1C(=O)N(C)Cc1cccc2cnccc12. The highest BCUT2D eigenvalue weighted by Gasteiger charge is 2.17. The van der Waals surface area contributed by atoms with Crippen molar-refractivity contribution in [1.82, 2.24) is 19.9 Å². The Morgan fingerprint density at radius 3 is 2.72 bits per heavy atom. The van der Waals surface area contributed by atoms with Gasteiger partial charge in [-0.05, 0) is 23.9 Å². The standard InChI is InChI=1S/C20H22N4O/c1-13(2)19-22-11-18(14(3)23-19)20(25)24(4)12-16-7-5-6-15-10-21-9-8-17(15)16/h5-11,13H,12H2,1-4H3. The van der Waals surface area contributed by atoms with Gasteiger partial charge < -0.3 is 4.90 Å². The Hall–Kier alpha value is -2.82. The topological polar surface area (TPSA) is 59.0 Å². The van der Waals surface area contributed by atoms with Gasteiger partial charge in [0.05, 0.1) is 11.3 Å². The minimum absolute atomic E-state index is 0.0705. The number of hydrogen-bond donors (Lipinski definition) is 0. The quantitative estimate of drug-likeness (QED) is 0.729. The molecule has 0 bridgehead atoms. The first-order chi connectivity index (χ1) is 12.0. The van der Waals surface area contributed by atoms with Gasteiger partial charge in [0.25, 0.3) is 5.91 Å². The maximum absolute atomic E-state index is 12.8. The highest BCUT2D eigenvalue weighted by Crippen LogP contribution is 2.20. The van der Waals surface area contributed by atoms with Crippen molar-refractivity contribution < 1.29 is 4.79 Å². The Balaban J connectivity index is 1.85. The molecule has 0 radical (unpaired) electrons. The summed E-state index contributed by atoms with van der Waals surface area (Å²) in [5.41, 5.74) is 2.36. The monoisotopic (exact) mass is 334 g/mol. The first-order valence-corrected chi connectivity index (χ1v) is 8.38. The van der Waals surface area contributed by atoms with E-state index in [0.717, 1.165) is 27.9 Å². The van der Waals surface area contributed by atoms with Gasteiger partial charge in [0, 0.05) is 43.5 Å². The lowest BCUT2D eigenvalue weighted by molar-refractivity contribution is 0.0784. The number of nitrogens with zero attached hydrogens (tertiary/aromatic N) is 4. The van der Waals surface area contributed by atoms with E-state index in [9.17, 15) is 4.79 Å². The Labute approximate surface area is 147 Å². The molecular formula is C20H22N4O. The van der Waals surface area contributed by atoms with Crippen LogP contribution in [0.15, 0.2) is 42.9 Å². The fourth-order valence-electron chi connectivity index (χ4n) is 2.83. The molecular weight excluding hydrogens is 312 g/mol. The Kier molecular flexibility index (Phi) is 4.74. The zero-order valence-electron chi connectivity index (χ0n) is 15.0. The lowest BCUT2D eigenvalue weighted by Gasteiger charge is -2.19. The van der Waals surface area contributed by atoms with Crippen LogP contribution in [0.25, 0.3) is 10.8 Å². The van der Waals surface area contributed by atoms with E-state index in [1.54, 1.807) is 24.3 Å². The number of aromatic nitrogens is 3. The molecule has 0 unspecified atom stereocenters. The van der Waals surface area contributed by atoms with Crippen LogP contribution in [-0.4, -0.2) is 32.8 Å². The van der Waals surface area contributed by atoms with Gasteiger partial charge in [0.2, 0.25) is 0 Å². The fourth-order valence-corrected chi connectivity index (χ4v) is 2.83. The molecule has 0 atom stereocenters. The van der Waals surface area contributed by atoms with Gasteiger partial charge in [-0.25, -0.2) is 9.97 Å². The number of rotatable bonds is 4. The molecule has 0 aliphatic carbocycles. The molecule has 3 aromatic rings. The number of aryl methyl sites for hydroxylation is 1. The summed E-state index contributed by atoms with van der Waals surface area (Å²) in [6.45, 7) is 6.46. The van der Waals surface area contributed by atoms with Crippen molar-refractivity contribution in [2.75, 3.05) is 7.05 Å². The second-order valence-electron chi connectivity index (χ2n) is 6.56. The molecule has 2 aromatic heterocycles. The van der Waals surface area contributed by atoms with E-state index < -0.39 is 0 Å². The summed E-state index contributed by atoms with van der Waals surface area (Å²) in [6, 6.07) is 8.03. The Bertz CT molecular complexity index is 915. The van der Waals surface area contributed by atoms with E-state index in [-0.39, 0.29) is 11.8 Å². The van der Waals surface area contributed by atoms with Crippen LogP contribution in [0, 0.1) is 6.92 Å². The summed E-state index contributed by atoms with van der Waals surface area (Å²) in [5.74, 6) is 0.932. The van der Waals surface area contributed by atoms with Crippen molar-refractivity contribution in [3.8, 4) is 0 Å². The molecule has 25 heavy (non-hydrogen) atoms. The molecule has 0 saturated carbocycles. The van der Waals surface area contributed by atoms with Crippen LogP contribution in [0.4, 0.5) is 0 Å². The number of hydrogen-bond acceptors (Lipinski definition) is 4. The van der Waals surface area contributed by atoms with Crippen molar-refractivity contribution in [1.29, 1.82) is 0 Å². The molecule has 1 amide bonds. The van der Waals surface area contributed by atoms with Crippen LogP contribution in [-0.2, 0) is 6.54 Å². The number of carbonyl (C=O) groups is 1. The van der Waals surface area contributed by atoms with Gasteiger partial charge >= 0.3 is 0 Å². The van der Waals surface area contributed by atoms with E-state index in [1.807, 2.05) is 51.2 Å². The summed E-state index contributed by atoms with van der Waals surface area (Å²) < 4.78 is 0. The lowest BCUT2D eigenvalue weighted by Crippen LogP contribution is -2.27. The number of fused-ring (bicyclic) bond motifs is 1. The van der Waals surface area contributed by atoms with Crippen LogP contribution >= 0.6 is 0 Å². The van der Waals surface area contributed by atoms with Gasteiger partial charge in [-0.3, -0.25) is 9.78 Å². The number of carbonyl (C=O) groups excluding carboxylic acids is 1. The molecule has 5 nitrogen and oxygen atoms in total. The van der Waals surface area contributed by atoms with E-state index in [2.05, 4.69) is 15.0 Å². The summed E-state index contributed by atoms with van der Waals surface area (Å²) in [7, 11) is 1.80. The first kappa shape index (κ1) is 17.0. The average Bonchev–Trinajstić information content (AvgIpc) is 2.61. The largest absolute Gasteiger partial charge is 0.337 e. The van der Waals surface area contributed by atoms with Gasteiger partial charge in [-0.1, -0.05) is 32.0 Å². The van der Waals surface area contributed by atoms with Crippen molar-refractivity contribution in [2.45, 2.75) is 33.2 Å². The molecule has 0 spiro atoms. The van der Waals surface area contributed by atoms with E-state index in [0.29, 0.717) is 12.1 Å². The van der Waals surface area contributed by atoms with E-state index in [4.69, 9.17) is 0 Å².